The zero-order valence-corrected chi connectivity index (χ0v) is 15.7. The molecule has 6 heteroatoms. The molecule has 0 saturated carbocycles. The second-order valence-electron chi connectivity index (χ2n) is 5.78. The monoisotopic (exact) mass is 358 g/mol. The fourth-order valence-electron chi connectivity index (χ4n) is 2.64. The maximum Gasteiger partial charge on any atom is 0.251 e. The van der Waals surface area contributed by atoms with Crippen LogP contribution in [0.1, 0.15) is 16.8 Å². The summed E-state index contributed by atoms with van der Waals surface area (Å²) in [5.74, 6) is 1.21. The summed E-state index contributed by atoms with van der Waals surface area (Å²) in [6, 6.07) is 13.4. The van der Waals surface area contributed by atoms with E-state index in [1.807, 2.05) is 25.2 Å². The van der Waals surface area contributed by atoms with Crippen molar-refractivity contribution in [2.45, 2.75) is 6.42 Å². The predicted molar refractivity (Wildman–Crippen MR) is 103 cm³/mol. The van der Waals surface area contributed by atoms with Crippen molar-refractivity contribution < 1.29 is 19.0 Å². The van der Waals surface area contributed by atoms with Crippen LogP contribution in [0.3, 0.4) is 0 Å². The highest BCUT2D eigenvalue weighted by atomic mass is 16.5. The molecular formula is C20H26N2O4. The number of carbonyl (C=O) groups excluding carboxylic acids is 1. The van der Waals surface area contributed by atoms with Crippen LogP contribution in [0, 0.1) is 0 Å². The third kappa shape index (κ3) is 4.81. The van der Waals surface area contributed by atoms with Crippen molar-refractivity contribution >= 4 is 11.6 Å². The highest BCUT2D eigenvalue weighted by molar-refractivity contribution is 5.95. The number of methoxy groups -OCH3 is 3. The number of anilines is 1. The summed E-state index contributed by atoms with van der Waals surface area (Å²) in [5, 5.41) is 2.93. The number of ether oxygens (including phenoxy) is 3. The summed E-state index contributed by atoms with van der Waals surface area (Å²) in [7, 11) is 6.62. The van der Waals surface area contributed by atoms with E-state index in [0.717, 1.165) is 18.7 Å². The van der Waals surface area contributed by atoms with E-state index in [4.69, 9.17) is 14.2 Å². The van der Waals surface area contributed by atoms with E-state index in [9.17, 15) is 4.79 Å². The minimum Gasteiger partial charge on any atom is -0.493 e. The van der Waals surface area contributed by atoms with E-state index in [-0.39, 0.29) is 5.91 Å². The van der Waals surface area contributed by atoms with Gasteiger partial charge in [0.1, 0.15) is 0 Å². The molecule has 0 aliphatic carbocycles. The lowest BCUT2D eigenvalue weighted by Crippen LogP contribution is -2.28. The van der Waals surface area contributed by atoms with Gasteiger partial charge in [0.15, 0.2) is 11.5 Å². The van der Waals surface area contributed by atoms with Crippen molar-refractivity contribution in [2.24, 2.45) is 0 Å². The lowest BCUT2D eigenvalue weighted by Gasteiger charge is -2.19. The molecule has 0 aliphatic heterocycles. The molecule has 1 N–H and O–H groups in total. The molecule has 2 aromatic carbocycles. The van der Waals surface area contributed by atoms with Gasteiger partial charge in [-0.3, -0.25) is 4.79 Å². The van der Waals surface area contributed by atoms with Gasteiger partial charge in [0, 0.05) is 31.4 Å². The molecular weight excluding hydrogens is 332 g/mol. The molecule has 0 spiro atoms. The summed E-state index contributed by atoms with van der Waals surface area (Å²) >= 11 is 0. The molecule has 1 amide bonds. The minimum absolute atomic E-state index is 0.174. The largest absolute Gasteiger partial charge is 0.493 e. The minimum atomic E-state index is -0.174. The normalized spacial score (nSPS) is 10.2. The number of nitrogens with zero attached hydrogens (tertiary/aromatic N) is 1. The maximum atomic E-state index is 12.4. The SMILES string of the molecule is COc1cc(C(=O)NCCCN(C)c2ccccc2)cc(OC)c1OC. The maximum absolute atomic E-state index is 12.4. The van der Waals surface area contributed by atoms with Crippen LogP contribution >= 0.6 is 0 Å². The Labute approximate surface area is 154 Å². The van der Waals surface area contributed by atoms with Crippen molar-refractivity contribution in [3.8, 4) is 17.2 Å². The van der Waals surface area contributed by atoms with Crippen molar-refractivity contribution in [1.82, 2.24) is 5.32 Å². The molecule has 0 heterocycles. The number of rotatable bonds is 9. The van der Waals surface area contributed by atoms with Gasteiger partial charge in [-0.15, -0.1) is 0 Å². The zero-order valence-electron chi connectivity index (χ0n) is 15.7. The molecule has 0 fully saturated rings. The van der Waals surface area contributed by atoms with Gasteiger partial charge in [0.05, 0.1) is 21.3 Å². The molecule has 0 bridgehead atoms. The Morgan fingerprint density at radius 3 is 2.15 bits per heavy atom. The Morgan fingerprint density at radius 2 is 1.62 bits per heavy atom. The van der Waals surface area contributed by atoms with Crippen LogP contribution in [-0.2, 0) is 0 Å². The second kappa shape index (κ2) is 9.56. The first-order valence-electron chi connectivity index (χ1n) is 8.45. The van der Waals surface area contributed by atoms with E-state index in [1.165, 1.54) is 21.3 Å². The Bertz CT molecular complexity index is 694. The van der Waals surface area contributed by atoms with Crippen LogP contribution in [-0.4, -0.2) is 47.4 Å². The molecule has 0 radical (unpaired) electrons. The van der Waals surface area contributed by atoms with Gasteiger partial charge in [-0.25, -0.2) is 0 Å². The lowest BCUT2D eigenvalue weighted by molar-refractivity contribution is 0.0952. The van der Waals surface area contributed by atoms with E-state index in [0.29, 0.717) is 29.4 Å². The molecule has 0 saturated heterocycles. The first-order valence-corrected chi connectivity index (χ1v) is 8.45. The van der Waals surface area contributed by atoms with Crippen LogP contribution in [0.15, 0.2) is 42.5 Å². The average molecular weight is 358 g/mol. The van der Waals surface area contributed by atoms with Crippen molar-refractivity contribution in [2.75, 3.05) is 46.4 Å². The average Bonchev–Trinajstić information content (AvgIpc) is 2.70. The van der Waals surface area contributed by atoms with Gasteiger partial charge >= 0.3 is 0 Å². The zero-order chi connectivity index (χ0) is 18.9. The number of para-hydroxylation sites is 1. The van der Waals surface area contributed by atoms with Crippen LogP contribution in [0.2, 0.25) is 0 Å². The van der Waals surface area contributed by atoms with Crippen LogP contribution < -0.4 is 24.4 Å². The number of hydrogen-bond donors (Lipinski definition) is 1. The van der Waals surface area contributed by atoms with Gasteiger partial charge in [0.2, 0.25) is 5.75 Å². The smallest absolute Gasteiger partial charge is 0.251 e. The van der Waals surface area contributed by atoms with Gasteiger partial charge in [0.25, 0.3) is 5.91 Å². The fraction of sp³-hybridized carbons (Fsp3) is 0.350. The molecule has 2 rings (SSSR count). The molecule has 2 aromatic rings. The van der Waals surface area contributed by atoms with Crippen molar-refractivity contribution in [3.63, 3.8) is 0 Å². The van der Waals surface area contributed by atoms with Gasteiger partial charge in [-0.05, 0) is 30.7 Å². The molecule has 0 aliphatic rings. The number of amides is 1. The summed E-state index contributed by atoms with van der Waals surface area (Å²) in [6.07, 6.45) is 0.835. The predicted octanol–water partition coefficient (Wildman–Crippen LogP) is 2.97. The number of carbonyl (C=O) groups is 1. The lowest BCUT2D eigenvalue weighted by atomic mass is 10.1. The van der Waals surface area contributed by atoms with E-state index < -0.39 is 0 Å². The Kier molecular flexibility index (Phi) is 7.14. The van der Waals surface area contributed by atoms with Gasteiger partial charge in [-0.1, -0.05) is 18.2 Å². The highest BCUT2D eigenvalue weighted by Gasteiger charge is 2.16. The molecule has 140 valence electrons. The molecule has 0 unspecified atom stereocenters. The number of hydrogen-bond acceptors (Lipinski definition) is 5. The topological polar surface area (TPSA) is 60.0 Å². The van der Waals surface area contributed by atoms with Gasteiger partial charge in [-0.2, -0.15) is 0 Å². The van der Waals surface area contributed by atoms with Crippen LogP contribution in [0.25, 0.3) is 0 Å². The molecule has 26 heavy (non-hydrogen) atoms. The van der Waals surface area contributed by atoms with Crippen molar-refractivity contribution in [3.05, 3.63) is 48.0 Å². The Hall–Kier alpha value is -2.89. The van der Waals surface area contributed by atoms with Crippen LogP contribution in [0.4, 0.5) is 5.69 Å². The summed E-state index contributed by atoms with van der Waals surface area (Å²) in [4.78, 5) is 14.6. The fourth-order valence-corrected chi connectivity index (χ4v) is 2.64. The Morgan fingerprint density at radius 1 is 1.00 bits per heavy atom. The summed E-state index contributed by atoms with van der Waals surface area (Å²) in [6.45, 7) is 1.42. The van der Waals surface area contributed by atoms with E-state index >= 15 is 0 Å². The summed E-state index contributed by atoms with van der Waals surface area (Å²) in [5.41, 5.74) is 1.62. The number of benzene rings is 2. The third-order valence-electron chi connectivity index (χ3n) is 4.08. The first kappa shape index (κ1) is 19.4. The second-order valence-corrected chi connectivity index (χ2v) is 5.78. The third-order valence-corrected chi connectivity index (χ3v) is 4.08. The highest BCUT2D eigenvalue weighted by Crippen LogP contribution is 2.38. The number of nitrogens with one attached hydrogen (secondary N) is 1. The first-order chi connectivity index (χ1) is 12.6. The van der Waals surface area contributed by atoms with Crippen LogP contribution in [0.5, 0.6) is 17.2 Å². The quantitative estimate of drug-likeness (QED) is 0.699. The molecule has 0 aromatic heterocycles. The van der Waals surface area contributed by atoms with Gasteiger partial charge < -0.3 is 24.4 Å². The molecule has 0 atom stereocenters. The molecule has 6 nitrogen and oxygen atoms in total. The van der Waals surface area contributed by atoms with E-state index in [1.54, 1.807) is 12.1 Å². The van der Waals surface area contributed by atoms with Crippen molar-refractivity contribution in [1.29, 1.82) is 0 Å². The standard InChI is InChI=1S/C20H26N2O4/c1-22(16-9-6-5-7-10-16)12-8-11-21-20(23)15-13-17(24-2)19(26-4)18(14-15)25-3/h5-7,9-10,13-14H,8,11-12H2,1-4H3,(H,21,23). The van der Waals surface area contributed by atoms with E-state index in [2.05, 4.69) is 22.3 Å². The summed E-state index contributed by atoms with van der Waals surface area (Å²) < 4.78 is 15.8. The Balaban J connectivity index is 1.91.